The molecule has 0 saturated carbocycles. The summed E-state index contributed by atoms with van der Waals surface area (Å²) in [6.07, 6.45) is 3.18. The molecule has 0 atom stereocenters. The van der Waals surface area contributed by atoms with Crippen LogP contribution in [0.5, 0.6) is 0 Å². The Labute approximate surface area is 175 Å². The molecule has 0 radical (unpaired) electrons. The maximum Gasteiger partial charge on any atom is 0.350 e. The van der Waals surface area contributed by atoms with E-state index in [-0.39, 0.29) is 5.75 Å². The van der Waals surface area contributed by atoms with Crippen LogP contribution in [-0.4, -0.2) is 39.2 Å². The Morgan fingerprint density at radius 2 is 2.00 bits per heavy atom. The molecule has 1 aromatic carbocycles. The fraction of sp³-hybridized carbons (Fsp3) is 0.158. The number of nitriles is 1. The molecule has 0 saturated heterocycles. The van der Waals surface area contributed by atoms with Crippen molar-refractivity contribution in [1.29, 1.82) is 5.26 Å². The third-order valence-corrected chi connectivity index (χ3v) is 5.60. The van der Waals surface area contributed by atoms with Crippen molar-refractivity contribution >= 4 is 40.7 Å². The van der Waals surface area contributed by atoms with Crippen LogP contribution >= 0.6 is 23.1 Å². The van der Waals surface area contributed by atoms with Crippen LogP contribution in [0.2, 0.25) is 0 Å². The highest BCUT2D eigenvalue weighted by atomic mass is 32.2. The minimum absolute atomic E-state index is 0.264. The summed E-state index contributed by atoms with van der Waals surface area (Å²) in [4.78, 5) is 38.1. The van der Waals surface area contributed by atoms with Gasteiger partial charge in [0.25, 0.3) is 5.91 Å². The van der Waals surface area contributed by atoms with Crippen LogP contribution in [0, 0.1) is 18.3 Å². The SMILES string of the molecule is Cc1nc(-c2ncccn2)sc1C(=O)OCC(=O)Nc1ccccc1SCC#N. The van der Waals surface area contributed by atoms with Crippen molar-refractivity contribution in [1.82, 2.24) is 15.0 Å². The predicted octanol–water partition coefficient (Wildman–Crippen LogP) is 3.32. The zero-order chi connectivity index (χ0) is 20.6. The molecule has 146 valence electrons. The Morgan fingerprint density at radius 1 is 1.24 bits per heavy atom. The fourth-order valence-electron chi connectivity index (χ4n) is 2.28. The molecule has 0 fully saturated rings. The van der Waals surface area contributed by atoms with E-state index >= 15 is 0 Å². The molecule has 0 spiro atoms. The summed E-state index contributed by atoms with van der Waals surface area (Å²) in [7, 11) is 0. The molecule has 3 rings (SSSR count). The van der Waals surface area contributed by atoms with Crippen molar-refractivity contribution in [3.05, 3.63) is 53.3 Å². The van der Waals surface area contributed by atoms with Crippen molar-refractivity contribution in [3.63, 3.8) is 0 Å². The van der Waals surface area contributed by atoms with E-state index in [0.717, 1.165) is 16.2 Å². The molecule has 0 aliphatic carbocycles. The molecule has 0 aliphatic heterocycles. The molecule has 1 N–H and O–H groups in total. The molecule has 2 aromatic heterocycles. The molecule has 0 bridgehead atoms. The number of ether oxygens (including phenoxy) is 1. The number of aromatic nitrogens is 3. The first kappa shape index (κ1) is 20.4. The molecule has 0 unspecified atom stereocenters. The average molecular weight is 425 g/mol. The van der Waals surface area contributed by atoms with Gasteiger partial charge < -0.3 is 10.1 Å². The molecular weight excluding hydrogens is 410 g/mol. The Balaban J connectivity index is 1.61. The van der Waals surface area contributed by atoms with E-state index in [4.69, 9.17) is 10.00 Å². The minimum atomic E-state index is -0.635. The third kappa shape index (κ3) is 5.37. The van der Waals surface area contributed by atoms with Gasteiger partial charge in [-0.2, -0.15) is 5.26 Å². The fourth-order valence-corrected chi connectivity index (χ4v) is 3.86. The van der Waals surface area contributed by atoms with Gasteiger partial charge in [-0.25, -0.2) is 19.7 Å². The second kappa shape index (κ2) is 9.77. The number of para-hydroxylation sites is 1. The van der Waals surface area contributed by atoms with Crippen molar-refractivity contribution < 1.29 is 14.3 Å². The number of anilines is 1. The second-order valence-electron chi connectivity index (χ2n) is 5.57. The van der Waals surface area contributed by atoms with Gasteiger partial charge in [0.15, 0.2) is 17.4 Å². The number of thioether (sulfide) groups is 1. The van der Waals surface area contributed by atoms with E-state index in [1.165, 1.54) is 11.8 Å². The van der Waals surface area contributed by atoms with Crippen molar-refractivity contribution in [2.75, 3.05) is 17.7 Å². The second-order valence-corrected chi connectivity index (χ2v) is 7.59. The van der Waals surface area contributed by atoms with Crippen LogP contribution in [0.15, 0.2) is 47.6 Å². The van der Waals surface area contributed by atoms with Crippen molar-refractivity contribution in [2.45, 2.75) is 11.8 Å². The molecule has 8 nitrogen and oxygen atoms in total. The van der Waals surface area contributed by atoms with Gasteiger partial charge in [-0.05, 0) is 25.1 Å². The lowest BCUT2D eigenvalue weighted by molar-refractivity contribution is -0.119. The van der Waals surface area contributed by atoms with E-state index in [2.05, 4.69) is 20.3 Å². The average Bonchev–Trinajstić information content (AvgIpc) is 3.14. The number of hydrogen-bond acceptors (Lipinski definition) is 9. The minimum Gasteiger partial charge on any atom is -0.451 e. The maximum absolute atomic E-state index is 12.4. The highest BCUT2D eigenvalue weighted by Gasteiger charge is 2.20. The quantitative estimate of drug-likeness (QED) is 0.452. The summed E-state index contributed by atoms with van der Waals surface area (Å²) < 4.78 is 5.13. The first-order valence-corrected chi connectivity index (χ1v) is 10.2. The number of esters is 1. The number of aryl methyl sites for hydroxylation is 1. The standard InChI is InChI=1S/C19H15N5O3S2/c1-12-16(29-18(23-12)17-21-8-4-9-22-17)19(26)27-11-15(25)24-13-5-2-3-6-14(13)28-10-7-20/h2-6,8-9H,10-11H2,1H3,(H,24,25). The number of nitrogens with one attached hydrogen (secondary N) is 1. The van der Waals surface area contributed by atoms with E-state index < -0.39 is 18.5 Å². The van der Waals surface area contributed by atoms with Gasteiger partial charge in [-0.1, -0.05) is 12.1 Å². The lowest BCUT2D eigenvalue weighted by Crippen LogP contribution is -2.21. The Bertz CT molecular complexity index is 1060. The lowest BCUT2D eigenvalue weighted by atomic mass is 10.3. The monoisotopic (exact) mass is 425 g/mol. The van der Waals surface area contributed by atoms with E-state index in [1.54, 1.807) is 43.6 Å². The molecule has 1 amide bonds. The number of carbonyl (C=O) groups is 2. The summed E-state index contributed by atoms with van der Waals surface area (Å²) in [5.41, 5.74) is 1.05. The third-order valence-electron chi connectivity index (χ3n) is 3.53. The molecular formula is C19H15N5O3S2. The first-order valence-electron chi connectivity index (χ1n) is 8.39. The summed E-state index contributed by atoms with van der Waals surface area (Å²) in [6.45, 7) is 1.24. The molecule has 29 heavy (non-hydrogen) atoms. The zero-order valence-electron chi connectivity index (χ0n) is 15.3. The Kier molecular flexibility index (Phi) is 6.89. The molecule has 0 aliphatic rings. The summed E-state index contributed by atoms with van der Waals surface area (Å²) >= 11 is 2.42. The predicted molar refractivity (Wildman–Crippen MR) is 110 cm³/mol. The van der Waals surface area contributed by atoms with Gasteiger partial charge in [0.2, 0.25) is 0 Å². The van der Waals surface area contributed by atoms with Gasteiger partial charge >= 0.3 is 5.97 Å². The van der Waals surface area contributed by atoms with Gasteiger partial charge in [-0.15, -0.1) is 23.1 Å². The van der Waals surface area contributed by atoms with Crippen LogP contribution in [0.3, 0.4) is 0 Å². The van der Waals surface area contributed by atoms with Crippen LogP contribution in [0.25, 0.3) is 10.8 Å². The molecule has 10 heteroatoms. The molecule has 3 aromatic rings. The highest BCUT2D eigenvalue weighted by Crippen LogP contribution is 2.27. The summed E-state index contributed by atoms with van der Waals surface area (Å²) in [6, 6.07) is 10.8. The number of rotatable bonds is 7. The lowest BCUT2D eigenvalue weighted by Gasteiger charge is -2.09. The first-order chi connectivity index (χ1) is 14.1. The number of carbonyl (C=O) groups excluding carboxylic acids is 2. The highest BCUT2D eigenvalue weighted by molar-refractivity contribution is 7.99. The van der Waals surface area contributed by atoms with Gasteiger partial charge in [0, 0.05) is 17.3 Å². The topological polar surface area (TPSA) is 118 Å². The Hall–Kier alpha value is -3.29. The Morgan fingerprint density at radius 3 is 2.76 bits per heavy atom. The van der Waals surface area contributed by atoms with Gasteiger partial charge in [0.1, 0.15) is 4.88 Å². The van der Waals surface area contributed by atoms with Crippen LogP contribution in [-0.2, 0) is 9.53 Å². The number of benzene rings is 1. The van der Waals surface area contributed by atoms with Crippen LogP contribution in [0.1, 0.15) is 15.4 Å². The maximum atomic E-state index is 12.4. The summed E-state index contributed by atoms with van der Waals surface area (Å²) in [5.74, 6) is -0.425. The molecule has 2 heterocycles. The number of thiazole rings is 1. The largest absolute Gasteiger partial charge is 0.451 e. The zero-order valence-corrected chi connectivity index (χ0v) is 16.9. The van der Waals surface area contributed by atoms with E-state index in [1.807, 2.05) is 12.1 Å². The van der Waals surface area contributed by atoms with Gasteiger partial charge in [0.05, 0.1) is 23.2 Å². The number of hydrogen-bond donors (Lipinski definition) is 1. The van der Waals surface area contributed by atoms with Crippen LogP contribution < -0.4 is 5.32 Å². The van der Waals surface area contributed by atoms with Gasteiger partial charge in [-0.3, -0.25) is 4.79 Å². The normalized spacial score (nSPS) is 10.2. The van der Waals surface area contributed by atoms with E-state index in [0.29, 0.717) is 27.1 Å². The van der Waals surface area contributed by atoms with Crippen molar-refractivity contribution in [2.24, 2.45) is 0 Å². The number of nitrogens with zero attached hydrogens (tertiary/aromatic N) is 4. The van der Waals surface area contributed by atoms with Crippen LogP contribution in [0.4, 0.5) is 5.69 Å². The summed E-state index contributed by atoms with van der Waals surface area (Å²) in [5, 5.41) is 11.9. The smallest absolute Gasteiger partial charge is 0.350 e. The number of amides is 1. The van der Waals surface area contributed by atoms with Crippen molar-refractivity contribution in [3.8, 4) is 16.9 Å². The van der Waals surface area contributed by atoms with E-state index in [9.17, 15) is 9.59 Å².